The maximum Gasteiger partial charge on any atom is 0.335 e. The Kier molecular flexibility index (Phi) is 5.44. The minimum atomic E-state index is -1.21. The highest BCUT2D eigenvalue weighted by atomic mass is 19.1. The van der Waals surface area contributed by atoms with Crippen LogP contribution in [0.15, 0.2) is 18.2 Å². The summed E-state index contributed by atoms with van der Waals surface area (Å²) in [4.78, 5) is 22.2. The molecule has 0 bridgehead atoms. The number of carboxylic acid groups (broad SMARTS) is 1. The first-order valence-electron chi connectivity index (χ1n) is 5.96. The summed E-state index contributed by atoms with van der Waals surface area (Å²) in [6.45, 7) is 4.42. The van der Waals surface area contributed by atoms with Gasteiger partial charge in [-0.15, -0.1) is 0 Å². The van der Waals surface area contributed by atoms with Crippen LogP contribution in [0, 0.1) is 5.82 Å². The Hall–Kier alpha value is -1.95. The van der Waals surface area contributed by atoms with Crippen molar-refractivity contribution in [1.29, 1.82) is 0 Å². The van der Waals surface area contributed by atoms with Crippen molar-refractivity contribution in [3.63, 3.8) is 0 Å². The quantitative estimate of drug-likeness (QED) is 0.735. The van der Waals surface area contributed by atoms with E-state index in [1.54, 1.807) is 0 Å². The number of carbonyl (C=O) groups is 2. The zero-order chi connectivity index (χ0) is 14.4. The van der Waals surface area contributed by atoms with Crippen molar-refractivity contribution in [1.82, 2.24) is 5.32 Å². The molecule has 0 radical (unpaired) electrons. The van der Waals surface area contributed by atoms with Crippen LogP contribution in [0.2, 0.25) is 0 Å². The van der Waals surface area contributed by atoms with Gasteiger partial charge in [0.1, 0.15) is 5.82 Å². The number of amides is 1. The molecule has 1 rings (SSSR count). The van der Waals surface area contributed by atoms with E-state index in [-0.39, 0.29) is 29.6 Å². The normalized spacial score (nSPS) is 10.5. The second-order valence-electron chi connectivity index (χ2n) is 4.41. The van der Waals surface area contributed by atoms with Crippen molar-refractivity contribution in [2.24, 2.45) is 0 Å². The number of carbonyl (C=O) groups excluding carboxylic acids is 1. The number of anilines is 1. The third kappa shape index (κ3) is 5.05. The summed E-state index contributed by atoms with van der Waals surface area (Å²) < 4.78 is 13.5. The first-order valence-corrected chi connectivity index (χ1v) is 5.96. The smallest absolute Gasteiger partial charge is 0.335 e. The fraction of sp³-hybridized carbons (Fsp3) is 0.385. The van der Waals surface area contributed by atoms with Crippen molar-refractivity contribution in [2.75, 3.05) is 11.9 Å². The maximum absolute atomic E-state index is 13.5. The van der Waals surface area contributed by atoms with Crippen molar-refractivity contribution in [2.45, 2.75) is 26.3 Å². The Morgan fingerprint density at radius 1 is 1.37 bits per heavy atom. The van der Waals surface area contributed by atoms with Crippen LogP contribution in [0.4, 0.5) is 10.1 Å². The van der Waals surface area contributed by atoms with E-state index in [2.05, 4.69) is 10.6 Å². The molecule has 0 saturated heterocycles. The lowest BCUT2D eigenvalue weighted by Crippen LogP contribution is -2.27. The summed E-state index contributed by atoms with van der Waals surface area (Å²) in [5.41, 5.74) is -0.170. The van der Waals surface area contributed by atoms with Crippen LogP contribution in [0.5, 0.6) is 0 Å². The van der Waals surface area contributed by atoms with Gasteiger partial charge in [0.05, 0.1) is 11.3 Å². The average Bonchev–Trinajstić information content (AvgIpc) is 2.31. The number of hydrogen-bond donors (Lipinski definition) is 3. The Balaban J connectivity index is 2.57. The summed E-state index contributed by atoms with van der Waals surface area (Å²) in [6, 6.07) is 3.64. The van der Waals surface area contributed by atoms with Gasteiger partial charge in [-0.05, 0) is 18.2 Å². The van der Waals surface area contributed by atoms with E-state index in [0.717, 1.165) is 6.07 Å². The van der Waals surface area contributed by atoms with Crippen LogP contribution in [-0.2, 0) is 4.79 Å². The molecule has 0 saturated carbocycles. The molecular formula is C13H17FN2O3. The lowest BCUT2D eigenvalue weighted by molar-refractivity contribution is -0.116. The van der Waals surface area contributed by atoms with E-state index in [9.17, 15) is 14.0 Å². The topological polar surface area (TPSA) is 78.4 Å². The number of hydrogen-bond acceptors (Lipinski definition) is 3. The molecule has 0 aliphatic carbocycles. The van der Waals surface area contributed by atoms with Crippen LogP contribution in [0.3, 0.4) is 0 Å². The van der Waals surface area contributed by atoms with E-state index in [1.165, 1.54) is 12.1 Å². The Morgan fingerprint density at radius 3 is 2.58 bits per heavy atom. The van der Waals surface area contributed by atoms with E-state index in [4.69, 9.17) is 5.11 Å². The predicted octanol–water partition coefficient (Wildman–Crippen LogP) is 1.85. The summed E-state index contributed by atoms with van der Waals surface area (Å²) >= 11 is 0. The van der Waals surface area contributed by atoms with Crippen LogP contribution < -0.4 is 10.6 Å². The molecule has 0 fully saturated rings. The third-order valence-electron chi connectivity index (χ3n) is 2.39. The van der Waals surface area contributed by atoms with Crippen molar-refractivity contribution in [3.8, 4) is 0 Å². The van der Waals surface area contributed by atoms with Gasteiger partial charge in [-0.25, -0.2) is 9.18 Å². The summed E-state index contributed by atoms with van der Waals surface area (Å²) in [7, 11) is 0. The zero-order valence-corrected chi connectivity index (χ0v) is 10.9. The van der Waals surface area contributed by atoms with Gasteiger partial charge in [-0.1, -0.05) is 13.8 Å². The van der Waals surface area contributed by atoms with E-state index >= 15 is 0 Å². The highest BCUT2D eigenvalue weighted by Crippen LogP contribution is 2.16. The van der Waals surface area contributed by atoms with Crippen molar-refractivity contribution in [3.05, 3.63) is 29.6 Å². The van der Waals surface area contributed by atoms with Gasteiger partial charge >= 0.3 is 5.97 Å². The van der Waals surface area contributed by atoms with Gasteiger partial charge in [0.25, 0.3) is 0 Å². The molecule has 0 heterocycles. The van der Waals surface area contributed by atoms with Crippen molar-refractivity contribution < 1.29 is 19.1 Å². The molecule has 0 spiro atoms. The second-order valence-corrected chi connectivity index (χ2v) is 4.41. The van der Waals surface area contributed by atoms with Crippen LogP contribution in [0.25, 0.3) is 0 Å². The number of aromatic carboxylic acids is 1. The number of halogens is 1. The van der Waals surface area contributed by atoms with Gasteiger partial charge in [-0.3, -0.25) is 4.79 Å². The summed E-state index contributed by atoms with van der Waals surface area (Å²) in [5.74, 6) is -2.29. The molecule has 1 aromatic carbocycles. The molecule has 0 aliphatic rings. The molecule has 3 N–H and O–H groups in total. The molecule has 0 aliphatic heterocycles. The zero-order valence-electron chi connectivity index (χ0n) is 10.9. The molecule has 0 atom stereocenters. The van der Waals surface area contributed by atoms with Gasteiger partial charge in [0.15, 0.2) is 0 Å². The average molecular weight is 268 g/mol. The second kappa shape index (κ2) is 6.84. The van der Waals surface area contributed by atoms with Gasteiger partial charge in [0.2, 0.25) is 5.91 Å². The highest BCUT2D eigenvalue weighted by molar-refractivity contribution is 5.92. The lowest BCUT2D eigenvalue weighted by Gasteiger charge is -2.09. The third-order valence-corrected chi connectivity index (χ3v) is 2.39. The SMILES string of the molecule is CC(C)NCCC(=O)Nc1ccc(C(=O)O)cc1F. The van der Waals surface area contributed by atoms with Crippen LogP contribution in [-0.4, -0.2) is 29.6 Å². The first kappa shape index (κ1) is 15.1. The molecule has 1 amide bonds. The number of nitrogens with one attached hydrogen (secondary N) is 2. The molecule has 104 valence electrons. The Morgan fingerprint density at radius 2 is 2.05 bits per heavy atom. The van der Waals surface area contributed by atoms with E-state index < -0.39 is 11.8 Å². The summed E-state index contributed by atoms with van der Waals surface area (Å²) in [5, 5.41) is 14.2. The molecule has 1 aromatic rings. The first-order chi connectivity index (χ1) is 8.90. The monoisotopic (exact) mass is 268 g/mol. The fourth-order valence-electron chi connectivity index (χ4n) is 1.44. The minimum Gasteiger partial charge on any atom is -0.478 e. The predicted molar refractivity (Wildman–Crippen MR) is 69.7 cm³/mol. The van der Waals surface area contributed by atoms with Crippen LogP contribution >= 0.6 is 0 Å². The molecule has 0 unspecified atom stereocenters. The highest BCUT2D eigenvalue weighted by Gasteiger charge is 2.10. The molecular weight excluding hydrogens is 251 g/mol. The van der Waals surface area contributed by atoms with Crippen LogP contribution in [0.1, 0.15) is 30.6 Å². The Labute approximate surface area is 110 Å². The van der Waals surface area contributed by atoms with Gasteiger partial charge in [0, 0.05) is 19.0 Å². The standard InChI is InChI=1S/C13H17FN2O3/c1-8(2)15-6-5-12(17)16-11-4-3-9(13(18)19)7-10(11)14/h3-4,7-8,15H,5-6H2,1-2H3,(H,16,17)(H,18,19). The maximum atomic E-state index is 13.5. The number of carboxylic acids is 1. The molecule has 5 nitrogen and oxygen atoms in total. The molecule has 0 aromatic heterocycles. The molecule has 19 heavy (non-hydrogen) atoms. The van der Waals surface area contributed by atoms with E-state index in [1.807, 2.05) is 13.8 Å². The number of rotatable bonds is 6. The van der Waals surface area contributed by atoms with Gasteiger partial charge < -0.3 is 15.7 Å². The van der Waals surface area contributed by atoms with Gasteiger partial charge in [-0.2, -0.15) is 0 Å². The van der Waals surface area contributed by atoms with E-state index in [0.29, 0.717) is 6.54 Å². The minimum absolute atomic E-state index is 0.0143. The lowest BCUT2D eigenvalue weighted by atomic mass is 10.2. The Bertz CT molecular complexity index is 475. The molecule has 6 heteroatoms. The summed E-state index contributed by atoms with van der Waals surface area (Å²) in [6.07, 6.45) is 0.221. The number of benzene rings is 1. The fourth-order valence-corrected chi connectivity index (χ4v) is 1.44. The largest absolute Gasteiger partial charge is 0.478 e. The van der Waals surface area contributed by atoms with Crippen molar-refractivity contribution >= 4 is 17.6 Å².